The van der Waals surface area contributed by atoms with Crippen molar-refractivity contribution >= 4 is 23.5 Å². The Bertz CT molecular complexity index is 625. The zero-order chi connectivity index (χ0) is 14.1. The second-order valence-corrected chi connectivity index (χ2v) is 7.72. The van der Waals surface area contributed by atoms with Gasteiger partial charge in [0.05, 0.1) is 5.25 Å². The zero-order valence-corrected chi connectivity index (χ0v) is 13.3. The highest BCUT2D eigenvalue weighted by atomic mass is 32.2. The van der Waals surface area contributed by atoms with E-state index in [-0.39, 0.29) is 6.04 Å². The highest BCUT2D eigenvalue weighted by Crippen LogP contribution is 2.36. The van der Waals surface area contributed by atoms with Gasteiger partial charge in [-0.15, -0.1) is 11.8 Å². The lowest BCUT2D eigenvalue weighted by Crippen LogP contribution is -2.30. The number of nitrogens with one attached hydrogen (secondary N) is 1. The van der Waals surface area contributed by atoms with Gasteiger partial charge in [-0.3, -0.25) is 0 Å². The molecule has 0 amide bonds. The summed E-state index contributed by atoms with van der Waals surface area (Å²) < 4.78 is 5.57. The van der Waals surface area contributed by atoms with Crippen LogP contribution in [0.15, 0.2) is 28.8 Å². The van der Waals surface area contributed by atoms with E-state index in [1.54, 1.807) is 0 Å². The molecule has 1 saturated heterocycles. The molecule has 4 rings (SSSR count). The van der Waals surface area contributed by atoms with Crippen molar-refractivity contribution in [3.8, 4) is 0 Å². The van der Waals surface area contributed by atoms with Gasteiger partial charge >= 0.3 is 0 Å². The standard InChI is InChI=1S/C15H17N3OS2/c1-2-4-11-10(3-1)5-6-16-13(11)15-17-14(18-19-15)12-9-20-7-8-21-12/h1-4,12-13,16H,5-9H2. The predicted octanol–water partition coefficient (Wildman–Crippen LogP) is 2.83. The van der Waals surface area contributed by atoms with Crippen molar-refractivity contribution in [1.29, 1.82) is 0 Å². The molecule has 3 heterocycles. The molecule has 4 nitrogen and oxygen atoms in total. The summed E-state index contributed by atoms with van der Waals surface area (Å²) in [5, 5.41) is 8.10. The Balaban J connectivity index is 1.61. The molecule has 1 aromatic heterocycles. The van der Waals surface area contributed by atoms with E-state index >= 15 is 0 Å². The molecule has 0 spiro atoms. The van der Waals surface area contributed by atoms with Crippen LogP contribution in [0.1, 0.15) is 34.1 Å². The Morgan fingerprint density at radius 1 is 1.24 bits per heavy atom. The quantitative estimate of drug-likeness (QED) is 0.918. The van der Waals surface area contributed by atoms with Crippen LogP contribution in [0.2, 0.25) is 0 Å². The maximum absolute atomic E-state index is 5.57. The van der Waals surface area contributed by atoms with Gasteiger partial charge in [-0.05, 0) is 17.5 Å². The van der Waals surface area contributed by atoms with Crippen LogP contribution in [0.25, 0.3) is 0 Å². The molecule has 0 radical (unpaired) electrons. The second kappa shape index (κ2) is 6.02. The number of nitrogens with zero attached hydrogens (tertiary/aromatic N) is 2. The first-order chi connectivity index (χ1) is 10.4. The summed E-state index contributed by atoms with van der Waals surface area (Å²) in [5.41, 5.74) is 2.65. The van der Waals surface area contributed by atoms with Gasteiger partial charge in [0.25, 0.3) is 0 Å². The fourth-order valence-corrected chi connectivity index (χ4v) is 5.45. The Labute approximate surface area is 132 Å². The number of aromatic nitrogens is 2. The summed E-state index contributed by atoms with van der Waals surface area (Å²) in [7, 11) is 0. The number of rotatable bonds is 2. The number of thioether (sulfide) groups is 2. The smallest absolute Gasteiger partial charge is 0.248 e. The number of benzene rings is 1. The maximum atomic E-state index is 5.57. The lowest BCUT2D eigenvalue weighted by molar-refractivity contribution is 0.340. The third-order valence-corrected chi connectivity index (χ3v) is 6.67. The molecule has 2 aliphatic rings. The van der Waals surface area contributed by atoms with Crippen LogP contribution in [-0.2, 0) is 6.42 Å². The summed E-state index contributed by atoms with van der Waals surface area (Å²) in [5.74, 6) is 5.03. The summed E-state index contributed by atoms with van der Waals surface area (Å²) >= 11 is 3.91. The van der Waals surface area contributed by atoms with Crippen molar-refractivity contribution in [2.75, 3.05) is 23.8 Å². The molecule has 2 aliphatic heterocycles. The Hall–Kier alpha value is -0.980. The summed E-state index contributed by atoms with van der Waals surface area (Å²) in [6.07, 6.45) is 1.06. The average Bonchev–Trinajstić information content (AvgIpc) is 3.05. The summed E-state index contributed by atoms with van der Waals surface area (Å²) in [6, 6.07) is 8.55. The predicted molar refractivity (Wildman–Crippen MR) is 86.8 cm³/mol. The minimum atomic E-state index is 0.0393. The largest absolute Gasteiger partial charge is 0.337 e. The molecule has 2 atom stereocenters. The number of fused-ring (bicyclic) bond motifs is 1. The molecule has 2 unspecified atom stereocenters. The third-order valence-electron chi connectivity index (χ3n) is 3.92. The van der Waals surface area contributed by atoms with Gasteiger partial charge in [0.2, 0.25) is 5.89 Å². The minimum Gasteiger partial charge on any atom is -0.337 e. The highest BCUT2D eigenvalue weighted by Gasteiger charge is 2.28. The van der Waals surface area contributed by atoms with Gasteiger partial charge in [0.1, 0.15) is 6.04 Å². The van der Waals surface area contributed by atoms with Crippen LogP contribution in [0, 0.1) is 0 Å². The second-order valence-electron chi connectivity index (χ2n) is 5.26. The van der Waals surface area contributed by atoms with Gasteiger partial charge in [-0.1, -0.05) is 29.4 Å². The van der Waals surface area contributed by atoms with Crippen molar-refractivity contribution in [3.05, 3.63) is 47.1 Å². The molecule has 0 bridgehead atoms. The van der Waals surface area contributed by atoms with E-state index in [0.717, 1.165) is 24.5 Å². The van der Waals surface area contributed by atoms with Crippen molar-refractivity contribution < 1.29 is 4.52 Å². The average molecular weight is 319 g/mol. The lowest BCUT2D eigenvalue weighted by Gasteiger charge is -2.24. The van der Waals surface area contributed by atoms with Crippen molar-refractivity contribution in [3.63, 3.8) is 0 Å². The number of hydrogen-bond acceptors (Lipinski definition) is 6. The Morgan fingerprint density at radius 3 is 3.10 bits per heavy atom. The van der Waals surface area contributed by atoms with Crippen LogP contribution < -0.4 is 5.32 Å². The molecule has 2 aromatic rings. The maximum Gasteiger partial charge on any atom is 0.248 e. The van der Waals surface area contributed by atoms with Crippen molar-refractivity contribution in [2.45, 2.75) is 17.7 Å². The molecule has 0 aliphatic carbocycles. The Kier molecular flexibility index (Phi) is 3.92. The first-order valence-corrected chi connectivity index (χ1v) is 9.46. The topological polar surface area (TPSA) is 51.0 Å². The fourth-order valence-electron chi connectivity index (χ4n) is 2.86. The number of hydrogen-bond donors (Lipinski definition) is 1. The molecule has 110 valence electrons. The van der Waals surface area contributed by atoms with Gasteiger partial charge < -0.3 is 9.84 Å². The van der Waals surface area contributed by atoms with E-state index in [1.165, 1.54) is 22.6 Å². The van der Waals surface area contributed by atoms with Crippen LogP contribution in [-0.4, -0.2) is 33.9 Å². The van der Waals surface area contributed by atoms with Gasteiger partial charge in [-0.2, -0.15) is 16.7 Å². The molecule has 0 saturated carbocycles. The highest BCUT2D eigenvalue weighted by molar-refractivity contribution is 8.06. The van der Waals surface area contributed by atoms with Crippen LogP contribution in [0.5, 0.6) is 0 Å². The van der Waals surface area contributed by atoms with Crippen LogP contribution >= 0.6 is 23.5 Å². The van der Waals surface area contributed by atoms with Gasteiger partial charge in [0, 0.05) is 23.8 Å². The summed E-state index contributed by atoms with van der Waals surface area (Å²) in [4.78, 5) is 4.68. The van der Waals surface area contributed by atoms with E-state index in [2.05, 4.69) is 39.7 Å². The van der Waals surface area contributed by atoms with Crippen molar-refractivity contribution in [2.24, 2.45) is 0 Å². The van der Waals surface area contributed by atoms with E-state index in [0.29, 0.717) is 11.1 Å². The molecule has 1 fully saturated rings. The van der Waals surface area contributed by atoms with E-state index in [9.17, 15) is 0 Å². The normalized spacial score (nSPS) is 25.5. The molecule has 21 heavy (non-hydrogen) atoms. The molecule has 6 heteroatoms. The molecule has 1 N–H and O–H groups in total. The van der Waals surface area contributed by atoms with Gasteiger partial charge in [0.15, 0.2) is 5.82 Å². The van der Waals surface area contributed by atoms with Gasteiger partial charge in [-0.25, -0.2) is 0 Å². The van der Waals surface area contributed by atoms with Crippen LogP contribution in [0.4, 0.5) is 0 Å². The SMILES string of the molecule is c1ccc2c(c1)CCNC2c1nc(C2CSCCS2)no1. The van der Waals surface area contributed by atoms with E-state index in [4.69, 9.17) is 4.52 Å². The first kappa shape index (κ1) is 13.7. The monoisotopic (exact) mass is 319 g/mol. The van der Waals surface area contributed by atoms with E-state index in [1.807, 2.05) is 23.5 Å². The molecular formula is C15H17N3OS2. The fraction of sp³-hybridized carbons (Fsp3) is 0.467. The molecule has 1 aromatic carbocycles. The lowest BCUT2D eigenvalue weighted by atomic mass is 9.94. The molecular weight excluding hydrogens is 302 g/mol. The zero-order valence-electron chi connectivity index (χ0n) is 11.6. The van der Waals surface area contributed by atoms with Crippen LogP contribution in [0.3, 0.4) is 0 Å². The Morgan fingerprint density at radius 2 is 2.19 bits per heavy atom. The summed E-state index contributed by atoms with van der Waals surface area (Å²) in [6.45, 7) is 0.952. The van der Waals surface area contributed by atoms with Crippen molar-refractivity contribution in [1.82, 2.24) is 15.5 Å². The third kappa shape index (κ3) is 2.72. The minimum absolute atomic E-state index is 0.0393. The van der Waals surface area contributed by atoms with E-state index < -0.39 is 0 Å². The first-order valence-electron chi connectivity index (χ1n) is 7.26.